The molecule has 7 nitrogen and oxygen atoms in total. The first-order chi connectivity index (χ1) is 7.15. The van der Waals surface area contributed by atoms with E-state index < -0.39 is 30.7 Å². The summed E-state index contributed by atoms with van der Waals surface area (Å²) in [5.74, 6) is 0. The van der Waals surface area contributed by atoms with E-state index in [9.17, 15) is 10.2 Å². The van der Waals surface area contributed by atoms with Crippen LogP contribution in [0.4, 0.5) is 0 Å². The predicted octanol–water partition coefficient (Wildman–Crippen LogP) is -2.63. The molecular formula is C8H17NO6. The molecular weight excluding hydrogens is 206 g/mol. The van der Waals surface area contributed by atoms with Crippen LogP contribution in [0, 0.1) is 0 Å². The van der Waals surface area contributed by atoms with Crippen molar-refractivity contribution in [3.8, 4) is 0 Å². The van der Waals surface area contributed by atoms with E-state index in [2.05, 4.69) is 0 Å². The molecule has 0 amide bonds. The SMILES string of the molecule is COC1C(CO)OC(OCN)C(O)C1O. The van der Waals surface area contributed by atoms with Gasteiger partial charge in [0.15, 0.2) is 6.29 Å². The van der Waals surface area contributed by atoms with Crippen molar-refractivity contribution in [2.75, 3.05) is 20.4 Å². The monoisotopic (exact) mass is 223 g/mol. The second-order valence-corrected chi connectivity index (χ2v) is 3.24. The molecule has 15 heavy (non-hydrogen) atoms. The molecule has 0 radical (unpaired) electrons. The zero-order valence-corrected chi connectivity index (χ0v) is 8.44. The molecule has 1 aliphatic rings. The Labute approximate surface area is 87.4 Å². The topological polar surface area (TPSA) is 114 Å². The van der Waals surface area contributed by atoms with Crippen molar-refractivity contribution < 1.29 is 29.5 Å². The third kappa shape index (κ3) is 2.64. The number of hydrogen-bond acceptors (Lipinski definition) is 7. The third-order valence-corrected chi connectivity index (χ3v) is 2.35. The first-order valence-corrected chi connectivity index (χ1v) is 4.62. The average Bonchev–Trinajstić information content (AvgIpc) is 2.24. The molecule has 1 aliphatic heterocycles. The van der Waals surface area contributed by atoms with Crippen molar-refractivity contribution in [1.82, 2.24) is 0 Å². The van der Waals surface area contributed by atoms with Crippen LogP contribution < -0.4 is 5.73 Å². The van der Waals surface area contributed by atoms with Crippen molar-refractivity contribution in [3.05, 3.63) is 0 Å². The summed E-state index contributed by atoms with van der Waals surface area (Å²) >= 11 is 0. The lowest BCUT2D eigenvalue weighted by Gasteiger charge is -2.40. The number of aliphatic hydroxyl groups is 3. The molecule has 5 unspecified atom stereocenters. The van der Waals surface area contributed by atoms with Gasteiger partial charge in [-0.2, -0.15) is 0 Å². The maximum absolute atomic E-state index is 9.65. The van der Waals surface area contributed by atoms with E-state index in [4.69, 9.17) is 25.1 Å². The van der Waals surface area contributed by atoms with Crippen molar-refractivity contribution in [3.63, 3.8) is 0 Å². The summed E-state index contributed by atoms with van der Waals surface area (Å²) < 4.78 is 15.0. The van der Waals surface area contributed by atoms with Crippen LogP contribution in [0.5, 0.6) is 0 Å². The summed E-state index contributed by atoms with van der Waals surface area (Å²) in [6.45, 7) is -0.489. The molecule has 5 N–H and O–H groups in total. The quantitative estimate of drug-likeness (QED) is 0.385. The van der Waals surface area contributed by atoms with Crippen LogP contribution in [0.3, 0.4) is 0 Å². The Bertz CT molecular complexity index is 188. The van der Waals surface area contributed by atoms with Crippen molar-refractivity contribution >= 4 is 0 Å². The Morgan fingerprint density at radius 3 is 2.47 bits per heavy atom. The summed E-state index contributed by atoms with van der Waals surface area (Å²) in [5, 5.41) is 28.2. The van der Waals surface area contributed by atoms with Crippen LogP contribution in [0.25, 0.3) is 0 Å². The minimum absolute atomic E-state index is 0.149. The van der Waals surface area contributed by atoms with Crippen LogP contribution in [0.1, 0.15) is 0 Å². The Kier molecular flexibility index (Phi) is 4.87. The zero-order chi connectivity index (χ0) is 11.4. The lowest BCUT2D eigenvalue weighted by Crippen LogP contribution is -2.60. The average molecular weight is 223 g/mol. The van der Waals surface area contributed by atoms with E-state index >= 15 is 0 Å². The third-order valence-electron chi connectivity index (χ3n) is 2.35. The number of methoxy groups -OCH3 is 1. The fourth-order valence-corrected chi connectivity index (χ4v) is 1.58. The molecule has 0 aromatic rings. The van der Waals surface area contributed by atoms with Crippen LogP contribution in [0.15, 0.2) is 0 Å². The van der Waals surface area contributed by atoms with Gasteiger partial charge >= 0.3 is 0 Å². The van der Waals surface area contributed by atoms with Gasteiger partial charge in [0.2, 0.25) is 0 Å². The summed E-state index contributed by atoms with van der Waals surface area (Å²) in [7, 11) is 1.36. The molecule has 7 heteroatoms. The number of nitrogens with two attached hydrogens (primary N) is 1. The van der Waals surface area contributed by atoms with E-state index in [1.54, 1.807) is 0 Å². The molecule has 0 bridgehead atoms. The minimum Gasteiger partial charge on any atom is -0.394 e. The zero-order valence-electron chi connectivity index (χ0n) is 8.44. The maximum Gasteiger partial charge on any atom is 0.188 e. The molecule has 1 rings (SSSR count). The fourth-order valence-electron chi connectivity index (χ4n) is 1.58. The highest BCUT2D eigenvalue weighted by Crippen LogP contribution is 2.23. The van der Waals surface area contributed by atoms with E-state index in [0.717, 1.165) is 0 Å². The van der Waals surface area contributed by atoms with Gasteiger partial charge in [0.25, 0.3) is 0 Å². The van der Waals surface area contributed by atoms with Crippen LogP contribution >= 0.6 is 0 Å². The number of hydrogen-bond donors (Lipinski definition) is 4. The van der Waals surface area contributed by atoms with Crippen molar-refractivity contribution in [2.24, 2.45) is 5.73 Å². The highest BCUT2D eigenvalue weighted by atomic mass is 16.7. The molecule has 90 valence electrons. The van der Waals surface area contributed by atoms with Gasteiger partial charge in [0, 0.05) is 7.11 Å². The Morgan fingerprint density at radius 2 is 2.00 bits per heavy atom. The molecule has 0 aliphatic carbocycles. The first kappa shape index (κ1) is 12.8. The molecule has 0 aromatic carbocycles. The minimum atomic E-state index is -1.25. The van der Waals surface area contributed by atoms with E-state index in [-0.39, 0.29) is 13.3 Å². The van der Waals surface area contributed by atoms with E-state index in [1.165, 1.54) is 7.11 Å². The standard InChI is InChI=1S/C8H17NO6/c1-13-7-4(2-10)15-8(14-3-9)6(12)5(7)11/h4-8,10-12H,2-3,9H2,1H3. The Morgan fingerprint density at radius 1 is 1.33 bits per heavy atom. The molecule has 1 fully saturated rings. The van der Waals surface area contributed by atoms with Crippen LogP contribution in [-0.4, -0.2) is 66.5 Å². The van der Waals surface area contributed by atoms with E-state index in [0.29, 0.717) is 0 Å². The Hall–Kier alpha value is -0.280. The van der Waals surface area contributed by atoms with Crippen LogP contribution in [-0.2, 0) is 14.2 Å². The van der Waals surface area contributed by atoms with Gasteiger partial charge in [-0.25, -0.2) is 0 Å². The largest absolute Gasteiger partial charge is 0.394 e. The molecule has 1 heterocycles. The summed E-state index contributed by atoms with van der Waals surface area (Å²) in [6, 6.07) is 0. The lowest BCUT2D eigenvalue weighted by atomic mass is 9.99. The molecule has 1 saturated heterocycles. The van der Waals surface area contributed by atoms with E-state index in [1.807, 2.05) is 0 Å². The number of rotatable bonds is 4. The second-order valence-electron chi connectivity index (χ2n) is 3.24. The number of aliphatic hydroxyl groups excluding tert-OH is 3. The Balaban J connectivity index is 2.68. The van der Waals surface area contributed by atoms with Gasteiger partial charge in [-0.3, -0.25) is 0 Å². The molecule has 0 aromatic heterocycles. The predicted molar refractivity (Wildman–Crippen MR) is 48.7 cm³/mol. The molecule has 0 saturated carbocycles. The van der Waals surface area contributed by atoms with Gasteiger partial charge in [-0.1, -0.05) is 0 Å². The van der Waals surface area contributed by atoms with Gasteiger partial charge < -0.3 is 35.3 Å². The summed E-state index contributed by atoms with van der Waals surface area (Å²) in [6.07, 6.45) is -5.01. The number of ether oxygens (including phenoxy) is 3. The normalized spacial score (nSPS) is 41.8. The van der Waals surface area contributed by atoms with Gasteiger partial charge in [-0.05, 0) is 0 Å². The fraction of sp³-hybridized carbons (Fsp3) is 1.00. The molecule has 5 atom stereocenters. The highest BCUT2D eigenvalue weighted by Gasteiger charge is 2.44. The lowest BCUT2D eigenvalue weighted by molar-refractivity contribution is -0.304. The van der Waals surface area contributed by atoms with Crippen molar-refractivity contribution in [2.45, 2.75) is 30.7 Å². The van der Waals surface area contributed by atoms with Gasteiger partial charge in [0.1, 0.15) is 24.4 Å². The highest BCUT2D eigenvalue weighted by molar-refractivity contribution is 4.89. The second kappa shape index (κ2) is 5.71. The van der Waals surface area contributed by atoms with Gasteiger partial charge in [0.05, 0.1) is 13.3 Å². The summed E-state index contributed by atoms with van der Waals surface area (Å²) in [5.41, 5.74) is 5.13. The first-order valence-electron chi connectivity index (χ1n) is 4.62. The maximum atomic E-state index is 9.65. The smallest absolute Gasteiger partial charge is 0.188 e. The van der Waals surface area contributed by atoms with Crippen molar-refractivity contribution in [1.29, 1.82) is 0 Å². The van der Waals surface area contributed by atoms with Gasteiger partial charge in [-0.15, -0.1) is 0 Å². The summed E-state index contributed by atoms with van der Waals surface area (Å²) in [4.78, 5) is 0. The van der Waals surface area contributed by atoms with Crippen LogP contribution in [0.2, 0.25) is 0 Å². The molecule has 0 spiro atoms.